The van der Waals surface area contributed by atoms with Crippen LogP contribution in [0.1, 0.15) is 22.6 Å². The Hall–Kier alpha value is -3.84. The van der Waals surface area contributed by atoms with Crippen LogP contribution in [0.2, 0.25) is 0 Å². The molecule has 0 fully saturated rings. The van der Waals surface area contributed by atoms with Gasteiger partial charge >= 0.3 is 0 Å². The second-order valence-electron chi connectivity index (χ2n) is 6.63. The Kier molecular flexibility index (Phi) is 4.65. The molecule has 4 heteroatoms. The number of hydrogen-bond acceptors (Lipinski definition) is 2. The van der Waals surface area contributed by atoms with E-state index in [0.29, 0.717) is 0 Å². The second kappa shape index (κ2) is 7.42. The molecule has 1 unspecified atom stereocenters. The molecule has 0 saturated carbocycles. The Morgan fingerprint density at radius 2 is 1.64 bits per heavy atom. The van der Waals surface area contributed by atoms with Gasteiger partial charge in [0.05, 0.1) is 10.8 Å². The fourth-order valence-corrected chi connectivity index (χ4v) is 3.42. The Balaban J connectivity index is 1.91. The van der Waals surface area contributed by atoms with Gasteiger partial charge in [0, 0.05) is 41.8 Å². The number of aromatic nitrogens is 1. The lowest BCUT2D eigenvalue weighted by atomic mass is 9.91. The zero-order valence-corrected chi connectivity index (χ0v) is 15.4. The summed E-state index contributed by atoms with van der Waals surface area (Å²) in [4.78, 5) is 10.9. The Morgan fingerprint density at radius 3 is 2.32 bits per heavy atom. The van der Waals surface area contributed by atoms with Gasteiger partial charge in [0.15, 0.2) is 0 Å². The molecule has 4 aromatic rings. The molecule has 136 valence electrons. The molecule has 0 N–H and O–H groups in total. The summed E-state index contributed by atoms with van der Waals surface area (Å²) in [5, 5.41) is 12.1. The first-order chi connectivity index (χ1) is 13.6. The molecule has 0 saturated heterocycles. The first-order valence-electron chi connectivity index (χ1n) is 8.98. The predicted molar refractivity (Wildman–Crippen MR) is 111 cm³/mol. The molecule has 1 aromatic heterocycles. The third-order valence-corrected chi connectivity index (χ3v) is 4.79. The maximum atomic E-state index is 11.3. The number of nitrogens with zero attached hydrogens (tertiary/aromatic N) is 2. The molecule has 1 heterocycles. The topological polar surface area (TPSA) is 48.1 Å². The highest BCUT2D eigenvalue weighted by molar-refractivity contribution is 5.87. The highest BCUT2D eigenvalue weighted by atomic mass is 16.6. The van der Waals surface area contributed by atoms with Crippen molar-refractivity contribution in [2.24, 2.45) is 7.05 Å². The molecule has 0 bridgehead atoms. The number of hydrogen-bond donors (Lipinski definition) is 0. The minimum atomic E-state index is -0.358. The van der Waals surface area contributed by atoms with Gasteiger partial charge in [-0.05, 0) is 29.3 Å². The highest BCUT2D eigenvalue weighted by Crippen LogP contribution is 2.33. The summed E-state index contributed by atoms with van der Waals surface area (Å²) in [6, 6.07) is 24.8. The van der Waals surface area contributed by atoms with Gasteiger partial charge < -0.3 is 4.57 Å². The molecule has 0 aliphatic carbocycles. The molecule has 3 aromatic carbocycles. The van der Waals surface area contributed by atoms with Crippen molar-refractivity contribution in [3.05, 3.63) is 112 Å². The lowest BCUT2D eigenvalue weighted by Crippen LogP contribution is -1.98. The lowest BCUT2D eigenvalue weighted by Gasteiger charge is -2.10. The van der Waals surface area contributed by atoms with E-state index in [1.807, 2.05) is 78.5 Å². The summed E-state index contributed by atoms with van der Waals surface area (Å²) in [5.41, 5.74) is 4.00. The van der Waals surface area contributed by atoms with Crippen molar-refractivity contribution in [2.75, 3.05) is 0 Å². The summed E-state index contributed by atoms with van der Waals surface area (Å²) in [7, 11) is 1.95. The van der Waals surface area contributed by atoms with Crippen LogP contribution in [-0.4, -0.2) is 9.49 Å². The monoisotopic (exact) mass is 366 g/mol. The van der Waals surface area contributed by atoms with Gasteiger partial charge in [-0.15, -0.1) is 0 Å². The number of non-ortho nitro benzene ring substituents is 1. The van der Waals surface area contributed by atoms with E-state index < -0.39 is 0 Å². The van der Waals surface area contributed by atoms with E-state index in [4.69, 9.17) is 0 Å². The molecule has 28 heavy (non-hydrogen) atoms. The number of nitro groups is 1. The van der Waals surface area contributed by atoms with E-state index in [-0.39, 0.29) is 16.5 Å². The van der Waals surface area contributed by atoms with E-state index in [0.717, 1.165) is 27.6 Å². The fourth-order valence-electron chi connectivity index (χ4n) is 3.42. The predicted octanol–water partition coefficient (Wildman–Crippen LogP) is 5.27. The third kappa shape index (κ3) is 3.38. The summed E-state index contributed by atoms with van der Waals surface area (Å²) >= 11 is 0. The summed E-state index contributed by atoms with van der Waals surface area (Å²) in [5.74, 6) is 6.46. The van der Waals surface area contributed by atoms with Crippen molar-refractivity contribution in [1.29, 1.82) is 0 Å². The van der Waals surface area contributed by atoms with E-state index in [1.54, 1.807) is 18.2 Å². The maximum absolute atomic E-state index is 11.3. The van der Waals surface area contributed by atoms with Crippen molar-refractivity contribution in [3.8, 4) is 11.8 Å². The van der Waals surface area contributed by atoms with Crippen LogP contribution in [0.3, 0.4) is 0 Å². The number of aryl methyl sites for hydroxylation is 1. The zero-order chi connectivity index (χ0) is 19.5. The van der Waals surface area contributed by atoms with Crippen LogP contribution in [0.4, 0.5) is 5.69 Å². The minimum absolute atomic E-state index is 0.0859. The number of benzene rings is 3. The van der Waals surface area contributed by atoms with Crippen LogP contribution >= 0.6 is 0 Å². The quantitative estimate of drug-likeness (QED) is 0.282. The van der Waals surface area contributed by atoms with Crippen molar-refractivity contribution >= 4 is 16.6 Å². The molecule has 1 atom stereocenters. The lowest BCUT2D eigenvalue weighted by molar-refractivity contribution is -0.384. The molecule has 0 spiro atoms. The van der Waals surface area contributed by atoms with Crippen molar-refractivity contribution in [2.45, 2.75) is 5.92 Å². The molecule has 0 aliphatic heterocycles. The van der Waals surface area contributed by atoms with Crippen LogP contribution in [0, 0.1) is 22.0 Å². The van der Waals surface area contributed by atoms with E-state index in [9.17, 15) is 10.1 Å². The summed E-state index contributed by atoms with van der Waals surface area (Å²) < 4.78 is 1.99. The molecule has 4 nitrogen and oxygen atoms in total. The third-order valence-electron chi connectivity index (χ3n) is 4.79. The van der Waals surface area contributed by atoms with E-state index in [1.165, 1.54) is 0 Å². The largest absolute Gasteiger partial charge is 0.350 e. The number of nitro benzene ring substituents is 1. The molecular formula is C24H18N2O2. The van der Waals surface area contributed by atoms with Crippen LogP contribution in [-0.2, 0) is 7.05 Å². The Labute approximate surface area is 163 Å². The van der Waals surface area contributed by atoms with Gasteiger partial charge in [0.1, 0.15) is 0 Å². The van der Waals surface area contributed by atoms with E-state index >= 15 is 0 Å². The Bertz CT molecular complexity index is 1200. The number of rotatable bonds is 3. The fraction of sp³-hybridized carbons (Fsp3) is 0.0833. The van der Waals surface area contributed by atoms with Crippen LogP contribution in [0.25, 0.3) is 10.9 Å². The van der Waals surface area contributed by atoms with Crippen LogP contribution in [0.15, 0.2) is 85.1 Å². The smallest absolute Gasteiger partial charge is 0.270 e. The average molecular weight is 366 g/mol. The minimum Gasteiger partial charge on any atom is -0.350 e. The van der Waals surface area contributed by atoms with Gasteiger partial charge in [0.2, 0.25) is 0 Å². The van der Waals surface area contributed by atoms with E-state index in [2.05, 4.69) is 11.8 Å². The van der Waals surface area contributed by atoms with Crippen molar-refractivity contribution in [1.82, 2.24) is 4.57 Å². The molecular weight excluding hydrogens is 348 g/mol. The van der Waals surface area contributed by atoms with Crippen LogP contribution in [0.5, 0.6) is 0 Å². The standard InChI is InChI=1S/C24H18N2O2/c1-25-17-23(22-16-20(26(27)28)13-15-24(22)25)21(19-10-6-3-7-11-19)14-12-18-8-4-2-5-9-18/h2-11,13,15-17,21H,1H3. The van der Waals surface area contributed by atoms with Gasteiger partial charge in [-0.1, -0.05) is 60.4 Å². The zero-order valence-electron chi connectivity index (χ0n) is 15.4. The first kappa shape index (κ1) is 17.6. The highest BCUT2D eigenvalue weighted by Gasteiger charge is 2.19. The van der Waals surface area contributed by atoms with Crippen molar-refractivity contribution in [3.63, 3.8) is 0 Å². The molecule has 4 rings (SSSR count). The second-order valence-corrected chi connectivity index (χ2v) is 6.63. The van der Waals surface area contributed by atoms with Gasteiger partial charge in [-0.25, -0.2) is 0 Å². The maximum Gasteiger partial charge on any atom is 0.270 e. The summed E-state index contributed by atoms with van der Waals surface area (Å²) in [6.07, 6.45) is 2.02. The molecule has 0 radical (unpaired) electrons. The number of fused-ring (bicyclic) bond motifs is 1. The van der Waals surface area contributed by atoms with Gasteiger partial charge in [-0.2, -0.15) is 0 Å². The SMILES string of the molecule is Cn1cc(C(C#Cc2ccccc2)c2ccccc2)c2cc([N+](=O)[O-])ccc21. The van der Waals surface area contributed by atoms with Crippen LogP contribution < -0.4 is 0 Å². The van der Waals surface area contributed by atoms with Gasteiger partial charge in [-0.3, -0.25) is 10.1 Å². The normalized spacial score (nSPS) is 11.6. The molecule has 0 amide bonds. The molecule has 0 aliphatic rings. The van der Waals surface area contributed by atoms with Gasteiger partial charge in [0.25, 0.3) is 5.69 Å². The average Bonchev–Trinajstić information content (AvgIpc) is 3.05. The summed E-state index contributed by atoms with van der Waals surface area (Å²) in [6.45, 7) is 0. The van der Waals surface area contributed by atoms with Crippen molar-refractivity contribution < 1.29 is 4.92 Å². The first-order valence-corrected chi connectivity index (χ1v) is 8.98. The Morgan fingerprint density at radius 1 is 0.964 bits per heavy atom.